The zero-order valence-electron chi connectivity index (χ0n) is 17.9. The molecule has 0 N–H and O–H groups in total. The summed E-state index contributed by atoms with van der Waals surface area (Å²) in [5, 5.41) is 0. The monoisotopic (exact) mass is 436 g/mol. The topological polar surface area (TPSA) is 32.8 Å². The van der Waals surface area contributed by atoms with Crippen molar-refractivity contribution in [2.45, 2.75) is 63.5 Å². The highest BCUT2D eigenvalue weighted by molar-refractivity contribution is 5.79. The fourth-order valence-electron chi connectivity index (χ4n) is 6.40. The molecule has 1 aromatic carbocycles. The van der Waals surface area contributed by atoms with Crippen molar-refractivity contribution in [3.05, 3.63) is 29.6 Å². The number of benzene rings is 1. The van der Waals surface area contributed by atoms with Crippen LogP contribution in [0.25, 0.3) is 0 Å². The molecule has 3 unspecified atom stereocenters. The van der Waals surface area contributed by atoms with Crippen molar-refractivity contribution >= 4 is 5.91 Å². The number of piperidine rings is 2. The summed E-state index contributed by atoms with van der Waals surface area (Å²) in [7, 11) is 0. The summed E-state index contributed by atoms with van der Waals surface area (Å²) >= 11 is 0. The molecule has 1 amide bonds. The van der Waals surface area contributed by atoms with E-state index in [1.54, 1.807) is 0 Å². The average molecular weight is 437 g/mol. The lowest BCUT2D eigenvalue weighted by Gasteiger charge is -2.41. The summed E-state index contributed by atoms with van der Waals surface area (Å²) in [4.78, 5) is 17.5. The van der Waals surface area contributed by atoms with Crippen LogP contribution in [0.5, 0.6) is 5.75 Å². The highest BCUT2D eigenvalue weighted by Gasteiger charge is 2.43. The van der Waals surface area contributed by atoms with Crippen LogP contribution in [0, 0.1) is 35.2 Å². The van der Waals surface area contributed by atoms with Crippen LogP contribution in [0.3, 0.4) is 0 Å². The maximum atomic E-state index is 13.8. The lowest BCUT2D eigenvalue weighted by Crippen LogP contribution is -2.49. The molecule has 2 saturated carbocycles. The molecule has 2 aliphatic carbocycles. The molecule has 3 atom stereocenters. The first-order chi connectivity index (χ1) is 15.0. The normalized spacial score (nSPS) is 30.2. The van der Waals surface area contributed by atoms with E-state index in [0.29, 0.717) is 38.1 Å². The number of carbonyl (C=O) groups excluding carboxylic acids is 1. The van der Waals surface area contributed by atoms with Crippen molar-refractivity contribution in [1.82, 2.24) is 9.80 Å². The van der Waals surface area contributed by atoms with E-state index in [-0.39, 0.29) is 17.9 Å². The number of nitrogens with zero attached hydrogens (tertiary/aromatic N) is 2. The predicted molar refractivity (Wildman–Crippen MR) is 110 cm³/mol. The Balaban J connectivity index is 1.09. The third-order valence-electron chi connectivity index (χ3n) is 8.05. The van der Waals surface area contributed by atoms with Gasteiger partial charge in [-0.25, -0.2) is 13.2 Å². The maximum Gasteiger partial charge on any atom is 0.225 e. The van der Waals surface area contributed by atoms with Crippen molar-refractivity contribution in [2.75, 3.05) is 26.2 Å². The Bertz CT molecular complexity index is 796. The van der Waals surface area contributed by atoms with Crippen molar-refractivity contribution in [3.63, 3.8) is 0 Å². The predicted octanol–water partition coefficient (Wildman–Crippen LogP) is 4.37. The molecule has 0 radical (unpaired) electrons. The Kier molecular flexibility index (Phi) is 5.88. The fraction of sp³-hybridized carbons (Fsp3) is 0.708. The molecule has 1 aromatic rings. The van der Waals surface area contributed by atoms with Gasteiger partial charge in [-0.05, 0) is 57.0 Å². The standard InChI is InChI=1S/C24H31F3N2O2/c25-18-13-20(26)23(21(27)14-18)31-19-5-9-29(10-6-19)24(30)16-3-7-28(8-4-16)22-12-15-1-2-17(22)11-15/h13-17,19,22H,1-12H2. The Morgan fingerprint density at radius 2 is 1.55 bits per heavy atom. The van der Waals surface area contributed by atoms with Crippen LogP contribution in [-0.2, 0) is 4.79 Å². The molecule has 31 heavy (non-hydrogen) atoms. The largest absolute Gasteiger partial charge is 0.484 e. The van der Waals surface area contributed by atoms with Crippen LogP contribution in [0.15, 0.2) is 12.1 Å². The third kappa shape index (κ3) is 4.30. The Hall–Kier alpha value is -1.76. The number of fused-ring (bicyclic) bond motifs is 2. The molecule has 4 fully saturated rings. The quantitative estimate of drug-likeness (QED) is 0.703. The molecule has 7 heteroatoms. The first kappa shape index (κ1) is 21.1. The summed E-state index contributed by atoms with van der Waals surface area (Å²) in [6.45, 7) is 3.10. The minimum absolute atomic E-state index is 0.0827. The van der Waals surface area contributed by atoms with E-state index in [9.17, 15) is 18.0 Å². The SMILES string of the molecule is O=C(C1CCN(C2CC3CCC2C3)CC1)N1CCC(Oc2c(F)cc(F)cc2F)CC1. The van der Waals surface area contributed by atoms with E-state index in [2.05, 4.69) is 4.90 Å². The lowest BCUT2D eigenvalue weighted by molar-refractivity contribution is -0.139. The smallest absolute Gasteiger partial charge is 0.225 e. The van der Waals surface area contributed by atoms with Gasteiger partial charge in [-0.2, -0.15) is 0 Å². The Labute approximate surface area is 181 Å². The minimum atomic E-state index is -1.03. The van der Waals surface area contributed by atoms with Crippen molar-refractivity contribution in [2.24, 2.45) is 17.8 Å². The summed E-state index contributed by atoms with van der Waals surface area (Å²) in [6, 6.07) is 2.00. The molecule has 2 aliphatic heterocycles. The number of carbonyl (C=O) groups is 1. The number of hydrogen-bond donors (Lipinski definition) is 0. The fourth-order valence-corrected chi connectivity index (χ4v) is 6.40. The Morgan fingerprint density at radius 1 is 0.871 bits per heavy atom. The summed E-state index contributed by atoms with van der Waals surface area (Å²) in [5.74, 6) is -1.43. The van der Waals surface area contributed by atoms with Crippen molar-refractivity contribution in [3.8, 4) is 5.75 Å². The van der Waals surface area contributed by atoms with Crippen LogP contribution >= 0.6 is 0 Å². The summed E-state index contributed by atoms with van der Waals surface area (Å²) in [6.07, 6.45) is 8.08. The second-order valence-electron chi connectivity index (χ2n) is 9.89. The van der Waals surface area contributed by atoms with E-state index >= 15 is 0 Å². The number of ether oxygens (including phenoxy) is 1. The van der Waals surface area contributed by atoms with Gasteiger partial charge in [0.15, 0.2) is 17.4 Å². The summed E-state index contributed by atoms with van der Waals surface area (Å²) in [5.41, 5.74) is 0. The maximum absolute atomic E-state index is 13.8. The number of amides is 1. The van der Waals surface area contributed by atoms with Gasteiger partial charge < -0.3 is 14.5 Å². The highest BCUT2D eigenvalue weighted by Crippen LogP contribution is 2.47. The molecule has 4 aliphatic rings. The number of likely N-dealkylation sites (tertiary alicyclic amines) is 2. The van der Waals surface area contributed by atoms with Crippen molar-refractivity contribution < 1.29 is 22.7 Å². The Morgan fingerprint density at radius 3 is 2.13 bits per heavy atom. The van der Waals surface area contributed by atoms with Crippen molar-refractivity contribution in [1.29, 1.82) is 0 Å². The van der Waals surface area contributed by atoms with E-state index in [1.807, 2.05) is 4.90 Å². The summed E-state index contributed by atoms with van der Waals surface area (Å²) < 4.78 is 46.2. The molecule has 2 heterocycles. The molecule has 0 spiro atoms. The van der Waals surface area contributed by atoms with Crippen LogP contribution in [0.2, 0.25) is 0 Å². The molecule has 170 valence electrons. The lowest BCUT2D eigenvalue weighted by atomic mass is 9.89. The zero-order valence-corrected chi connectivity index (χ0v) is 17.9. The second kappa shape index (κ2) is 8.64. The molecule has 0 aromatic heterocycles. The van der Waals surface area contributed by atoms with Gasteiger partial charge in [-0.1, -0.05) is 6.42 Å². The van der Waals surface area contributed by atoms with Gasteiger partial charge in [0.2, 0.25) is 5.91 Å². The van der Waals surface area contributed by atoms with E-state index in [4.69, 9.17) is 4.74 Å². The van der Waals surface area contributed by atoms with Crippen LogP contribution in [0.4, 0.5) is 13.2 Å². The van der Waals surface area contributed by atoms with Gasteiger partial charge >= 0.3 is 0 Å². The van der Waals surface area contributed by atoms with Gasteiger partial charge in [-0.15, -0.1) is 0 Å². The van der Waals surface area contributed by atoms with Gasteiger partial charge in [0.05, 0.1) is 0 Å². The van der Waals surface area contributed by atoms with E-state index in [0.717, 1.165) is 43.8 Å². The number of hydrogen-bond acceptors (Lipinski definition) is 3. The molecular formula is C24H31F3N2O2. The minimum Gasteiger partial charge on any atom is -0.484 e. The molecule has 4 nitrogen and oxygen atoms in total. The number of rotatable bonds is 4. The van der Waals surface area contributed by atoms with Gasteiger partial charge in [-0.3, -0.25) is 4.79 Å². The van der Waals surface area contributed by atoms with E-state index in [1.165, 1.54) is 25.7 Å². The average Bonchev–Trinajstić information content (AvgIpc) is 3.40. The first-order valence-corrected chi connectivity index (χ1v) is 11.8. The highest BCUT2D eigenvalue weighted by atomic mass is 19.1. The first-order valence-electron chi connectivity index (χ1n) is 11.8. The van der Waals surface area contributed by atoms with Crippen LogP contribution in [-0.4, -0.2) is 54.0 Å². The van der Waals surface area contributed by atoms with Gasteiger partial charge in [0.25, 0.3) is 0 Å². The molecular weight excluding hydrogens is 405 g/mol. The third-order valence-corrected chi connectivity index (χ3v) is 8.05. The van der Waals surface area contributed by atoms with Gasteiger partial charge in [0, 0.05) is 50.0 Å². The van der Waals surface area contributed by atoms with Gasteiger partial charge in [0.1, 0.15) is 11.9 Å². The molecule has 5 rings (SSSR count). The molecule has 2 bridgehead atoms. The molecule has 2 saturated heterocycles. The van der Waals surface area contributed by atoms with Crippen LogP contribution < -0.4 is 4.74 Å². The number of halogens is 3. The second-order valence-corrected chi connectivity index (χ2v) is 9.89. The van der Waals surface area contributed by atoms with E-state index < -0.39 is 23.2 Å². The van der Waals surface area contributed by atoms with Crippen LogP contribution in [0.1, 0.15) is 51.4 Å². The zero-order chi connectivity index (χ0) is 21.5.